The molecule has 0 aromatic heterocycles. The molecule has 0 saturated heterocycles. The number of carbonyl (C=O) groups is 1. The first-order chi connectivity index (χ1) is 10.1. The number of benzene rings is 2. The molecule has 0 aliphatic heterocycles. The molecular weight excluding hydrogens is 271 g/mol. The minimum absolute atomic E-state index is 0.0545. The topological polar surface area (TPSA) is 46.5 Å². The van der Waals surface area contributed by atoms with E-state index in [0.717, 1.165) is 5.56 Å². The second kappa shape index (κ2) is 6.70. The maximum atomic E-state index is 12.8. The molecule has 0 bridgehead atoms. The molecule has 1 N–H and O–H groups in total. The SMILES string of the molecule is CCOc1cc(/C=C/C(=O)c2ccc(F)cc2)ccc1O. The van der Waals surface area contributed by atoms with Gasteiger partial charge in [-0.1, -0.05) is 12.1 Å². The maximum absolute atomic E-state index is 12.8. The zero-order valence-electron chi connectivity index (χ0n) is 11.5. The molecule has 0 aliphatic carbocycles. The summed E-state index contributed by atoms with van der Waals surface area (Å²) in [4.78, 5) is 11.9. The normalized spacial score (nSPS) is 10.8. The average Bonchev–Trinajstić information content (AvgIpc) is 2.48. The van der Waals surface area contributed by atoms with E-state index in [4.69, 9.17) is 4.74 Å². The molecule has 0 unspecified atom stereocenters. The van der Waals surface area contributed by atoms with Crippen molar-refractivity contribution in [1.82, 2.24) is 0 Å². The molecule has 0 heterocycles. The number of phenolic OH excluding ortho intramolecular Hbond substituents is 1. The predicted molar refractivity (Wildman–Crippen MR) is 79.0 cm³/mol. The van der Waals surface area contributed by atoms with Crippen LogP contribution in [0.1, 0.15) is 22.8 Å². The van der Waals surface area contributed by atoms with Crippen molar-refractivity contribution >= 4 is 11.9 Å². The van der Waals surface area contributed by atoms with Crippen molar-refractivity contribution in [3.63, 3.8) is 0 Å². The van der Waals surface area contributed by atoms with Crippen molar-refractivity contribution < 1.29 is 19.0 Å². The molecule has 2 aromatic rings. The highest BCUT2D eigenvalue weighted by Crippen LogP contribution is 2.27. The van der Waals surface area contributed by atoms with Crippen molar-refractivity contribution in [2.24, 2.45) is 0 Å². The van der Waals surface area contributed by atoms with Crippen LogP contribution in [0.15, 0.2) is 48.5 Å². The Morgan fingerprint density at radius 2 is 1.95 bits per heavy atom. The Kier molecular flexibility index (Phi) is 4.72. The lowest BCUT2D eigenvalue weighted by atomic mass is 10.1. The Labute approximate surface area is 122 Å². The van der Waals surface area contributed by atoms with Gasteiger partial charge in [0.25, 0.3) is 0 Å². The van der Waals surface area contributed by atoms with E-state index in [9.17, 15) is 14.3 Å². The van der Waals surface area contributed by atoms with Gasteiger partial charge in [0, 0.05) is 5.56 Å². The molecule has 3 nitrogen and oxygen atoms in total. The fraction of sp³-hybridized carbons (Fsp3) is 0.118. The van der Waals surface area contributed by atoms with Crippen molar-refractivity contribution in [2.45, 2.75) is 6.92 Å². The number of halogens is 1. The summed E-state index contributed by atoms with van der Waals surface area (Å²) in [5.41, 5.74) is 1.14. The molecule has 0 spiro atoms. The zero-order valence-corrected chi connectivity index (χ0v) is 11.5. The first-order valence-electron chi connectivity index (χ1n) is 6.54. The molecule has 0 radical (unpaired) electrons. The second-order valence-electron chi connectivity index (χ2n) is 4.36. The lowest BCUT2D eigenvalue weighted by Crippen LogP contribution is -1.94. The third-order valence-electron chi connectivity index (χ3n) is 2.84. The predicted octanol–water partition coefficient (Wildman–Crippen LogP) is 3.83. The van der Waals surface area contributed by atoms with Gasteiger partial charge in [0.1, 0.15) is 5.82 Å². The Hall–Kier alpha value is -2.62. The molecule has 0 fully saturated rings. The average molecular weight is 286 g/mol. The summed E-state index contributed by atoms with van der Waals surface area (Å²) < 4.78 is 18.1. The number of allylic oxidation sites excluding steroid dienone is 1. The van der Waals surface area contributed by atoms with E-state index in [1.165, 1.54) is 36.4 Å². The highest BCUT2D eigenvalue weighted by molar-refractivity contribution is 6.06. The Bertz CT molecular complexity index is 660. The molecule has 21 heavy (non-hydrogen) atoms. The minimum atomic E-state index is -0.379. The quantitative estimate of drug-likeness (QED) is 0.671. The zero-order chi connectivity index (χ0) is 15.2. The molecule has 0 aliphatic rings. The number of hydrogen-bond donors (Lipinski definition) is 1. The van der Waals surface area contributed by atoms with Gasteiger partial charge in [-0.05, 0) is 55.0 Å². The van der Waals surface area contributed by atoms with Crippen LogP contribution in [-0.2, 0) is 0 Å². The highest BCUT2D eigenvalue weighted by Gasteiger charge is 2.04. The van der Waals surface area contributed by atoms with Gasteiger partial charge < -0.3 is 9.84 Å². The minimum Gasteiger partial charge on any atom is -0.504 e. The fourth-order valence-electron chi connectivity index (χ4n) is 1.79. The molecule has 2 rings (SSSR count). The molecule has 4 heteroatoms. The number of ketones is 1. The molecular formula is C17H15FO3. The standard InChI is InChI=1S/C17H15FO3/c1-2-21-17-11-12(4-10-16(17)20)3-9-15(19)13-5-7-14(18)8-6-13/h3-11,20H,2H2,1H3/b9-3+. The van der Waals surface area contributed by atoms with Crippen molar-refractivity contribution in [3.05, 3.63) is 65.5 Å². The number of aromatic hydroxyl groups is 1. The lowest BCUT2D eigenvalue weighted by Gasteiger charge is -2.06. The number of hydrogen-bond acceptors (Lipinski definition) is 3. The number of carbonyl (C=O) groups excluding carboxylic acids is 1. The van der Waals surface area contributed by atoms with E-state index < -0.39 is 0 Å². The summed E-state index contributed by atoms with van der Waals surface area (Å²) in [5, 5.41) is 9.60. The Morgan fingerprint density at radius 1 is 1.24 bits per heavy atom. The third kappa shape index (κ3) is 3.92. The van der Waals surface area contributed by atoms with E-state index in [-0.39, 0.29) is 17.3 Å². The smallest absolute Gasteiger partial charge is 0.185 e. The van der Waals surface area contributed by atoms with Crippen LogP contribution in [0.4, 0.5) is 4.39 Å². The number of phenols is 1. The molecule has 2 aromatic carbocycles. The lowest BCUT2D eigenvalue weighted by molar-refractivity contribution is 0.104. The largest absolute Gasteiger partial charge is 0.504 e. The Balaban J connectivity index is 2.15. The van der Waals surface area contributed by atoms with E-state index in [1.54, 1.807) is 18.2 Å². The monoisotopic (exact) mass is 286 g/mol. The Morgan fingerprint density at radius 3 is 2.62 bits per heavy atom. The van der Waals surface area contributed by atoms with Gasteiger partial charge in [0.15, 0.2) is 17.3 Å². The van der Waals surface area contributed by atoms with Gasteiger partial charge in [-0.2, -0.15) is 0 Å². The van der Waals surface area contributed by atoms with Gasteiger partial charge in [0.2, 0.25) is 0 Å². The summed E-state index contributed by atoms with van der Waals surface area (Å²) in [6.07, 6.45) is 3.02. The van der Waals surface area contributed by atoms with Gasteiger partial charge in [-0.25, -0.2) is 4.39 Å². The third-order valence-corrected chi connectivity index (χ3v) is 2.84. The van der Waals surface area contributed by atoms with Gasteiger partial charge in [-0.3, -0.25) is 4.79 Å². The summed E-state index contributed by atoms with van der Waals surface area (Å²) in [6.45, 7) is 2.26. The summed E-state index contributed by atoms with van der Waals surface area (Å²) in [5.74, 6) is -0.177. The fourth-order valence-corrected chi connectivity index (χ4v) is 1.79. The first-order valence-corrected chi connectivity index (χ1v) is 6.54. The summed E-state index contributed by atoms with van der Waals surface area (Å²) >= 11 is 0. The van der Waals surface area contributed by atoms with E-state index in [1.807, 2.05) is 6.92 Å². The van der Waals surface area contributed by atoms with E-state index >= 15 is 0 Å². The van der Waals surface area contributed by atoms with Gasteiger partial charge in [0.05, 0.1) is 6.61 Å². The van der Waals surface area contributed by atoms with Crippen LogP contribution in [0, 0.1) is 5.82 Å². The number of ether oxygens (including phenoxy) is 1. The molecule has 0 atom stereocenters. The summed E-state index contributed by atoms with van der Waals surface area (Å²) in [7, 11) is 0. The molecule has 108 valence electrons. The van der Waals surface area contributed by atoms with Crippen LogP contribution in [0.3, 0.4) is 0 Å². The van der Waals surface area contributed by atoms with Crippen LogP contribution in [0.5, 0.6) is 11.5 Å². The van der Waals surface area contributed by atoms with Crippen LogP contribution in [-0.4, -0.2) is 17.5 Å². The van der Waals surface area contributed by atoms with Gasteiger partial charge >= 0.3 is 0 Å². The van der Waals surface area contributed by atoms with E-state index in [0.29, 0.717) is 17.9 Å². The van der Waals surface area contributed by atoms with Crippen LogP contribution in [0.2, 0.25) is 0 Å². The first kappa shape index (κ1) is 14.8. The van der Waals surface area contributed by atoms with Crippen LogP contribution in [0.25, 0.3) is 6.08 Å². The van der Waals surface area contributed by atoms with Crippen LogP contribution < -0.4 is 4.74 Å². The van der Waals surface area contributed by atoms with Crippen LogP contribution >= 0.6 is 0 Å². The maximum Gasteiger partial charge on any atom is 0.185 e. The van der Waals surface area contributed by atoms with Crippen molar-refractivity contribution in [1.29, 1.82) is 0 Å². The van der Waals surface area contributed by atoms with Crippen molar-refractivity contribution in [3.8, 4) is 11.5 Å². The second-order valence-corrected chi connectivity index (χ2v) is 4.36. The molecule has 0 saturated carbocycles. The summed E-state index contributed by atoms with van der Waals surface area (Å²) in [6, 6.07) is 10.2. The highest BCUT2D eigenvalue weighted by atomic mass is 19.1. The number of rotatable bonds is 5. The van der Waals surface area contributed by atoms with Crippen molar-refractivity contribution in [2.75, 3.05) is 6.61 Å². The van der Waals surface area contributed by atoms with Gasteiger partial charge in [-0.15, -0.1) is 0 Å². The molecule has 0 amide bonds. The van der Waals surface area contributed by atoms with E-state index in [2.05, 4.69) is 0 Å².